The standard InChI is InChI=1S/C12H17N2O14P3/c1-3-4-9-5-14(12(17)13-11(9)16)6-10(26-8(2)15)7-25-30(21,22)28-31(23,24)27-29(18,19)20/h5,10H,6-7H2,1-2H3,(H,21,22)(H,23,24)(H,13,16,17)(H2,18,19,20)/t10-/m0/s1. The van der Waals surface area contributed by atoms with Crippen molar-refractivity contribution in [3.05, 3.63) is 32.6 Å². The van der Waals surface area contributed by atoms with E-state index in [1.165, 1.54) is 6.92 Å². The molecule has 0 radical (unpaired) electrons. The highest BCUT2D eigenvalue weighted by molar-refractivity contribution is 7.66. The quantitative estimate of drug-likeness (QED) is 0.148. The van der Waals surface area contributed by atoms with Gasteiger partial charge in [0.25, 0.3) is 5.56 Å². The molecule has 0 saturated carbocycles. The van der Waals surface area contributed by atoms with Gasteiger partial charge in [0.2, 0.25) is 0 Å². The van der Waals surface area contributed by atoms with Crippen molar-refractivity contribution in [3.8, 4) is 11.8 Å². The van der Waals surface area contributed by atoms with Crippen molar-refractivity contribution in [1.82, 2.24) is 9.55 Å². The Balaban J connectivity index is 3.02. The minimum atomic E-state index is -5.74. The molecule has 3 atom stereocenters. The third-order valence-corrected chi connectivity index (χ3v) is 6.65. The predicted octanol–water partition coefficient (Wildman–Crippen LogP) is -0.817. The lowest BCUT2D eigenvalue weighted by Crippen LogP contribution is -2.36. The minimum absolute atomic E-state index is 0.114. The summed E-state index contributed by atoms with van der Waals surface area (Å²) < 4.78 is 50.8. The molecule has 5 N–H and O–H groups in total. The second-order valence-electron chi connectivity index (χ2n) is 5.45. The van der Waals surface area contributed by atoms with Crippen LogP contribution in [-0.2, 0) is 42.9 Å². The lowest BCUT2D eigenvalue weighted by Gasteiger charge is -2.20. The van der Waals surface area contributed by atoms with E-state index in [1.54, 1.807) is 0 Å². The highest BCUT2D eigenvalue weighted by Crippen LogP contribution is 2.66. The van der Waals surface area contributed by atoms with E-state index >= 15 is 0 Å². The molecule has 0 aliphatic carbocycles. The maximum atomic E-state index is 11.9. The molecule has 0 amide bonds. The van der Waals surface area contributed by atoms with Gasteiger partial charge >= 0.3 is 35.1 Å². The molecule has 2 unspecified atom stereocenters. The van der Waals surface area contributed by atoms with Gasteiger partial charge in [0, 0.05) is 13.1 Å². The number of carbonyl (C=O) groups excluding carboxylic acids is 1. The second kappa shape index (κ2) is 10.6. The third-order valence-electron chi connectivity index (χ3n) is 2.84. The monoisotopic (exact) mass is 506 g/mol. The van der Waals surface area contributed by atoms with Gasteiger partial charge in [-0.3, -0.25) is 23.7 Å². The summed E-state index contributed by atoms with van der Waals surface area (Å²) >= 11 is 0. The summed E-state index contributed by atoms with van der Waals surface area (Å²) in [6, 6.07) is 0. The molecule has 0 bridgehead atoms. The van der Waals surface area contributed by atoms with Crippen molar-refractivity contribution < 1.29 is 55.9 Å². The Kier molecular flexibility index (Phi) is 9.31. The number of H-pyrrole nitrogens is 1. The van der Waals surface area contributed by atoms with Gasteiger partial charge in [-0.2, -0.15) is 8.62 Å². The summed E-state index contributed by atoms with van der Waals surface area (Å²) in [6.07, 6.45) is -0.438. The molecule has 31 heavy (non-hydrogen) atoms. The number of phosphoric ester groups is 1. The third kappa shape index (κ3) is 10.3. The van der Waals surface area contributed by atoms with Crippen LogP contribution in [0.2, 0.25) is 0 Å². The molecule has 0 fully saturated rings. The first-order valence-corrected chi connectivity index (χ1v) is 12.3. The van der Waals surface area contributed by atoms with E-state index in [4.69, 9.17) is 19.4 Å². The van der Waals surface area contributed by atoms with Crippen LogP contribution in [-0.4, -0.2) is 47.8 Å². The Morgan fingerprint density at radius 2 is 1.77 bits per heavy atom. The van der Waals surface area contributed by atoms with E-state index in [9.17, 15) is 33.0 Å². The largest absolute Gasteiger partial charge is 0.490 e. The number of hydrogen-bond acceptors (Lipinski definition) is 10. The first-order valence-electron chi connectivity index (χ1n) is 7.75. The van der Waals surface area contributed by atoms with E-state index in [2.05, 4.69) is 25.0 Å². The van der Waals surface area contributed by atoms with Gasteiger partial charge in [0.05, 0.1) is 13.2 Å². The maximum Gasteiger partial charge on any atom is 0.490 e. The number of rotatable bonds is 10. The van der Waals surface area contributed by atoms with Crippen molar-refractivity contribution in [2.24, 2.45) is 0 Å². The van der Waals surface area contributed by atoms with Gasteiger partial charge in [-0.1, -0.05) is 5.92 Å². The minimum Gasteiger partial charge on any atom is -0.458 e. The average molecular weight is 506 g/mol. The van der Waals surface area contributed by atoms with Gasteiger partial charge in [0.15, 0.2) is 0 Å². The van der Waals surface area contributed by atoms with Crippen LogP contribution in [0.25, 0.3) is 0 Å². The molecule has 19 heteroatoms. The SMILES string of the molecule is CC#Cc1cn(C[C@@H](COP(=O)(O)OP(=O)(O)OP(=O)(O)O)OC(C)=O)c(=O)[nH]c1=O. The van der Waals surface area contributed by atoms with Crippen LogP contribution >= 0.6 is 23.5 Å². The summed E-state index contributed by atoms with van der Waals surface area (Å²) in [7, 11) is -16.8. The van der Waals surface area contributed by atoms with Crippen LogP contribution in [0.5, 0.6) is 0 Å². The zero-order valence-electron chi connectivity index (χ0n) is 15.7. The molecule has 0 saturated heterocycles. The normalized spacial score (nSPS) is 16.3. The molecule has 0 spiro atoms. The summed E-state index contributed by atoms with van der Waals surface area (Å²) in [5.74, 6) is 3.95. The van der Waals surface area contributed by atoms with Gasteiger partial charge in [-0.05, 0) is 6.92 Å². The molecule has 1 aromatic heterocycles. The van der Waals surface area contributed by atoms with Crippen molar-refractivity contribution in [1.29, 1.82) is 0 Å². The Morgan fingerprint density at radius 1 is 1.16 bits per heavy atom. The molecule has 1 aromatic rings. The van der Waals surface area contributed by atoms with Crippen LogP contribution in [0.1, 0.15) is 19.4 Å². The maximum absolute atomic E-state index is 11.9. The Morgan fingerprint density at radius 3 is 2.29 bits per heavy atom. The van der Waals surface area contributed by atoms with Gasteiger partial charge in [-0.25, -0.2) is 18.5 Å². The number of nitrogens with zero attached hydrogens (tertiary/aromatic N) is 1. The molecular weight excluding hydrogens is 489 g/mol. The first kappa shape index (κ1) is 27.2. The molecule has 1 rings (SSSR count). The second-order valence-corrected chi connectivity index (χ2v) is 9.87. The fourth-order valence-electron chi connectivity index (χ4n) is 1.93. The van der Waals surface area contributed by atoms with Crippen molar-refractivity contribution in [2.45, 2.75) is 26.5 Å². The topological polar surface area (TPSA) is 241 Å². The van der Waals surface area contributed by atoms with E-state index < -0.39 is 59.9 Å². The Hall–Kier alpha value is -1.88. The highest BCUT2D eigenvalue weighted by atomic mass is 31.3. The average Bonchev–Trinajstić information content (AvgIpc) is 2.53. The first-order chi connectivity index (χ1) is 14.0. The predicted molar refractivity (Wildman–Crippen MR) is 99.2 cm³/mol. The zero-order valence-corrected chi connectivity index (χ0v) is 18.4. The Labute approximate surface area is 173 Å². The molecule has 1 heterocycles. The van der Waals surface area contributed by atoms with E-state index in [0.29, 0.717) is 0 Å². The molecule has 0 aromatic carbocycles. The van der Waals surface area contributed by atoms with Crippen LogP contribution in [0.15, 0.2) is 15.8 Å². The van der Waals surface area contributed by atoms with Gasteiger partial charge in [-0.15, -0.1) is 5.92 Å². The summed E-state index contributed by atoms with van der Waals surface area (Å²) in [5, 5.41) is 0. The fraction of sp³-hybridized carbons (Fsp3) is 0.417. The number of carbonyl (C=O) groups is 1. The zero-order chi connectivity index (χ0) is 24.0. The lowest BCUT2D eigenvalue weighted by molar-refractivity contribution is -0.148. The number of hydrogen-bond donors (Lipinski definition) is 5. The van der Waals surface area contributed by atoms with E-state index in [0.717, 1.165) is 17.7 Å². The lowest BCUT2D eigenvalue weighted by atomic mass is 10.3. The van der Waals surface area contributed by atoms with E-state index in [1.807, 2.05) is 4.98 Å². The highest BCUT2D eigenvalue weighted by Gasteiger charge is 2.41. The van der Waals surface area contributed by atoms with Crippen molar-refractivity contribution in [2.75, 3.05) is 6.61 Å². The molecule has 0 aliphatic rings. The van der Waals surface area contributed by atoms with Crippen LogP contribution < -0.4 is 11.2 Å². The number of ether oxygens (including phenoxy) is 1. The van der Waals surface area contributed by atoms with E-state index in [-0.39, 0.29) is 5.56 Å². The Bertz CT molecular complexity index is 1140. The number of nitrogens with one attached hydrogen (secondary N) is 1. The summed E-state index contributed by atoms with van der Waals surface area (Å²) in [4.78, 5) is 72.3. The number of aromatic nitrogens is 2. The number of phosphoric acid groups is 3. The molecular formula is C12H17N2O14P3. The number of esters is 1. The fourth-order valence-corrected chi connectivity index (χ4v) is 4.98. The van der Waals surface area contributed by atoms with Crippen LogP contribution in [0.3, 0.4) is 0 Å². The summed E-state index contributed by atoms with van der Waals surface area (Å²) in [6.45, 7) is 0.869. The van der Waals surface area contributed by atoms with Gasteiger partial charge < -0.3 is 24.3 Å². The molecule has 16 nitrogen and oxygen atoms in total. The smallest absolute Gasteiger partial charge is 0.458 e. The van der Waals surface area contributed by atoms with Crippen molar-refractivity contribution >= 4 is 29.4 Å². The van der Waals surface area contributed by atoms with Crippen LogP contribution in [0.4, 0.5) is 0 Å². The number of aromatic amines is 1. The molecule has 0 aliphatic heterocycles. The molecule has 174 valence electrons. The van der Waals surface area contributed by atoms with Crippen LogP contribution in [0, 0.1) is 11.8 Å². The van der Waals surface area contributed by atoms with Crippen molar-refractivity contribution in [3.63, 3.8) is 0 Å². The van der Waals surface area contributed by atoms with Gasteiger partial charge in [0.1, 0.15) is 11.7 Å². The summed E-state index contributed by atoms with van der Waals surface area (Å²) in [5.41, 5.74) is -1.84.